The van der Waals surface area contributed by atoms with Crippen LogP contribution in [0.1, 0.15) is 6.92 Å². The third-order valence-electron chi connectivity index (χ3n) is 3.39. The fraction of sp³-hybridized carbons (Fsp3) is 0.500. The summed E-state index contributed by atoms with van der Waals surface area (Å²) in [4.78, 5) is 15.1. The number of nitro groups is 1. The Morgan fingerprint density at radius 1 is 1.33 bits per heavy atom. The van der Waals surface area contributed by atoms with Gasteiger partial charge in [-0.1, -0.05) is 13.0 Å². The van der Waals surface area contributed by atoms with Crippen molar-refractivity contribution in [2.75, 3.05) is 43.4 Å². The number of nitrogens with zero attached hydrogens (tertiary/aromatic N) is 3. The number of anilines is 2. The van der Waals surface area contributed by atoms with Crippen molar-refractivity contribution in [3.8, 4) is 0 Å². The van der Waals surface area contributed by atoms with Crippen LogP contribution in [0.15, 0.2) is 18.2 Å². The third kappa shape index (κ3) is 2.38. The SMILES string of the molecule is CCN1CCN(c2cccc(N)c2[N+](=O)[O-])CC1. The zero-order chi connectivity index (χ0) is 13.1. The highest BCUT2D eigenvalue weighted by Crippen LogP contribution is 2.33. The minimum absolute atomic E-state index is 0.0300. The zero-order valence-corrected chi connectivity index (χ0v) is 10.5. The van der Waals surface area contributed by atoms with Crippen LogP contribution < -0.4 is 10.6 Å². The van der Waals surface area contributed by atoms with Gasteiger partial charge in [-0.3, -0.25) is 10.1 Å². The molecule has 1 aliphatic rings. The molecule has 0 atom stereocenters. The van der Waals surface area contributed by atoms with E-state index in [2.05, 4.69) is 11.8 Å². The molecule has 0 saturated carbocycles. The molecule has 0 radical (unpaired) electrons. The highest BCUT2D eigenvalue weighted by atomic mass is 16.6. The third-order valence-corrected chi connectivity index (χ3v) is 3.39. The van der Waals surface area contributed by atoms with E-state index in [9.17, 15) is 10.1 Å². The van der Waals surface area contributed by atoms with Crippen molar-refractivity contribution >= 4 is 17.1 Å². The maximum Gasteiger partial charge on any atom is 0.315 e. The lowest BCUT2D eigenvalue weighted by Crippen LogP contribution is -2.46. The van der Waals surface area contributed by atoms with Gasteiger partial charge in [0, 0.05) is 26.2 Å². The highest BCUT2D eigenvalue weighted by Gasteiger charge is 2.24. The molecule has 0 bridgehead atoms. The number of rotatable bonds is 3. The molecule has 2 rings (SSSR count). The first-order valence-corrected chi connectivity index (χ1v) is 6.13. The molecule has 0 aromatic heterocycles. The number of para-hydroxylation sites is 1. The number of nitrogen functional groups attached to an aromatic ring is 1. The van der Waals surface area contributed by atoms with E-state index < -0.39 is 4.92 Å². The van der Waals surface area contributed by atoms with E-state index in [1.807, 2.05) is 4.90 Å². The summed E-state index contributed by atoms with van der Waals surface area (Å²) in [5.74, 6) is 0. The summed E-state index contributed by atoms with van der Waals surface area (Å²) >= 11 is 0. The predicted molar refractivity (Wildman–Crippen MR) is 71.8 cm³/mol. The average molecular weight is 250 g/mol. The van der Waals surface area contributed by atoms with E-state index in [1.165, 1.54) is 0 Å². The minimum atomic E-state index is -0.392. The second-order valence-corrected chi connectivity index (χ2v) is 4.39. The van der Waals surface area contributed by atoms with Crippen LogP contribution in [0.3, 0.4) is 0 Å². The Balaban J connectivity index is 2.24. The summed E-state index contributed by atoms with van der Waals surface area (Å²) in [6.07, 6.45) is 0. The van der Waals surface area contributed by atoms with E-state index in [1.54, 1.807) is 18.2 Å². The van der Waals surface area contributed by atoms with E-state index in [0.29, 0.717) is 5.69 Å². The summed E-state index contributed by atoms with van der Waals surface area (Å²) in [5, 5.41) is 11.1. The number of nitro benzene ring substituents is 1. The Morgan fingerprint density at radius 2 is 2.00 bits per heavy atom. The molecule has 6 heteroatoms. The van der Waals surface area contributed by atoms with Crippen LogP contribution in [-0.4, -0.2) is 42.5 Å². The van der Waals surface area contributed by atoms with Crippen LogP contribution in [0.5, 0.6) is 0 Å². The van der Waals surface area contributed by atoms with Crippen LogP contribution in [0.4, 0.5) is 17.1 Å². The maximum atomic E-state index is 11.1. The van der Waals surface area contributed by atoms with Crippen molar-refractivity contribution in [3.63, 3.8) is 0 Å². The molecule has 1 fully saturated rings. The van der Waals surface area contributed by atoms with Gasteiger partial charge in [0.1, 0.15) is 11.4 Å². The standard InChI is InChI=1S/C12H18N4O2/c1-2-14-6-8-15(9-7-14)11-5-3-4-10(13)12(11)16(17)18/h3-5H,2,6-9,13H2,1H3. The number of nitrogens with two attached hydrogens (primary N) is 1. The summed E-state index contributed by atoms with van der Waals surface area (Å²) in [5.41, 5.74) is 6.60. The van der Waals surface area contributed by atoms with Gasteiger partial charge in [0.15, 0.2) is 0 Å². The van der Waals surface area contributed by atoms with Gasteiger partial charge >= 0.3 is 5.69 Å². The molecule has 98 valence electrons. The Bertz CT molecular complexity index is 442. The average Bonchev–Trinajstić information content (AvgIpc) is 2.38. The Morgan fingerprint density at radius 3 is 2.56 bits per heavy atom. The summed E-state index contributed by atoms with van der Waals surface area (Å²) in [6, 6.07) is 5.11. The molecule has 0 amide bonds. The molecule has 18 heavy (non-hydrogen) atoms. The van der Waals surface area contributed by atoms with Gasteiger partial charge in [-0.2, -0.15) is 0 Å². The maximum absolute atomic E-state index is 11.1. The number of piperazine rings is 1. The fourth-order valence-corrected chi connectivity index (χ4v) is 2.31. The van der Waals surface area contributed by atoms with Gasteiger partial charge in [0.25, 0.3) is 0 Å². The molecule has 1 aromatic carbocycles. The van der Waals surface area contributed by atoms with Crippen LogP contribution in [-0.2, 0) is 0 Å². The van der Waals surface area contributed by atoms with Crippen LogP contribution >= 0.6 is 0 Å². The Hall–Kier alpha value is -1.82. The first kappa shape index (κ1) is 12.6. The molecular weight excluding hydrogens is 232 g/mol. The van der Waals surface area contributed by atoms with Crippen molar-refractivity contribution in [2.24, 2.45) is 0 Å². The molecular formula is C12H18N4O2. The minimum Gasteiger partial charge on any atom is -0.393 e. The number of hydrogen-bond donors (Lipinski definition) is 1. The van der Waals surface area contributed by atoms with Crippen LogP contribution in [0, 0.1) is 10.1 Å². The Labute approximate surface area is 106 Å². The zero-order valence-electron chi connectivity index (χ0n) is 10.5. The quantitative estimate of drug-likeness (QED) is 0.497. The second-order valence-electron chi connectivity index (χ2n) is 4.39. The molecule has 0 spiro atoms. The molecule has 1 heterocycles. The van der Waals surface area contributed by atoms with E-state index in [4.69, 9.17) is 5.73 Å². The number of likely N-dealkylation sites (N-methyl/N-ethyl adjacent to an activating group) is 1. The second kappa shape index (κ2) is 5.22. The molecule has 6 nitrogen and oxygen atoms in total. The van der Waals surface area contributed by atoms with Gasteiger partial charge in [0.2, 0.25) is 0 Å². The van der Waals surface area contributed by atoms with Crippen molar-refractivity contribution in [1.82, 2.24) is 4.90 Å². The molecule has 2 N–H and O–H groups in total. The molecule has 0 aliphatic carbocycles. The monoisotopic (exact) mass is 250 g/mol. The van der Waals surface area contributed by atoms with Crippen molar-refractivity contribution in [3.05, 3.63) is 28.3 Å². The van der Waals surface area contributed by atoms with Crippen LogP contribution in [0.25, 0.3) is 0 Å². The lowest BCUT2D eigenvalue weighted by atomic mass is 10.2. The Kier molecular flexibility index (Phi) is 3.66. The van der Waals surface area contributed by atoms with Crippen molar-refractivity contribution < 1.29 is 4.92 Å². The lowest BCUT2D eigenvalue weighted by Gasteiger charge is -2.35. The van der Waals surface area contributed by atoms with Gasteiger partial charge < -0.3 is 15.5 Å². The van der Waals surface area contributed by atoms with Crippen LogP contribution in [0.2, 0.25) is 0 Å². The molecule has 1 aromatic rings. The fourth-order valence-electron chi connectivity index (χ4n) is 2.31. The highest BCUT2D eigenvalue weighted by molar-refractivity contribution is 5.75. The van der Waals surface area contributed by atoms with Gasteiger partial charge in [-0.15, -0.1) is 0 Å². The van der Waals surface area contributed by atoms with Crippen molar-refractivity contribution in [1.29, 1.82) is 0 Å². The number of benzene rings is 1. The van der Waals surface area contributed by atoms with Gasteiger partial charge in [-0.25, -0.2) is 0 Å². The number of hydrogen-bond acceptors (Lipinski definition) is 5. The summed E-state index contributed by atoms with van der Waals surface area (Å²) in [7, 11) is 0. The van der Waals surface area contributed by atoms with E-state index in [0.717, 1.165) is 32.7 Å². The molecule has 0 unspecified atom stereocenters. The molecule has 1 saturated heterocycles. The summed E-state index contributed by atoms with van der Waals surface area (Å²) in [6.45, 7) is 6.62. The molecule has 1 aliphatic heterocycles. The lowest BCUT2D eigenvalue weighted by molar-refractivity contribution is -0.383. The van der Waals surface area contributed by atoms with Gasteiger partial charge in [0.05, 0.1) is 4.92 Å². The summed E-state index contributed by atoms with van der Waals surface area (Å²) < 4.78 is 0. The normalized spacial score (nSPS) is 16.8. The smallest absolute Gasteiger partial charge is 0.315 e. The van der Waals surface area contributed by atoms with E-state index in [-0.39, 0.29) is 11.4 Å². The first-order chi connectivity index (χ1) is 8.63. The predicted octanol–water partition coefficient (Wildman–Crippen LogP) is 1.32. The first-order valence-electron chi connectivity index (χ1n) is 6.13. The van der Waals surface area contributed by atoms with Gasteiger partial charge in [-0.05, 0) is 18.7 Å². The van der Waals surface area contributed by atoms with E-state index >= 15 is 0 Å². The van der Waals surface area contributed by atoms with Crippen molar-refractivity contribution in [2.45, 2.75) is 6.92 Å². The topological polar surface area (TPSA) is 75.6 Å². The largest absolute Gasteiger partial charge is 0.393 e.